The molecule has 0 bridgehead atoms. The Kier molecular flexibility index (Phi) is 8.04. The summed E-state index contributed by atoms with van der Waals surface area (Å²) in [6.07, 6.45) is 0. The molecular formula is C42H36P2. The van der Waals surface area contributed by atoms with Gasteiger partial charge in [-0.3, -0.25) is 0 Å². The first-order chi connectivity index (χ1) is 21.8. The second kappa shape index (κ2) is 12.6. The van der Waals surface area contributed by atoms with Gasteiger partial charge in [-0.2, -0.15) is 0 Å². The molecule has 0 heterocycles. The molecular weight excluding hydrogens is 566 g/mol. The number of benzene rings is 7. The normalized spacial score (nSPS) is 12.4. The second-order valence-corrected chi connectivity index (χ2v) is 18.9. The van der Waals surface area contributed by atoms with E-state index < -0.39 is 14.5 Å². The molecule has 0 aliphatic carbocycles. The van der Waals surface area contributed by atoms with E-state index in [1.54, 1.807) is 0 Å². The first kappa shape index (κ1) is 28.2. The van der Waals surface area contributed by atoms with E-state index in [0.717, 1.165) is 0 Å². The molecule has 0 unspecified atom stereocenters. The average Bonchev–Trinajstić information content (AvgIpc) is 3.12. The zero-order valence-corrected chi connectivity index (χ0v) is 26.6. The molecule has 0 aromatic heterocycles. The fraction of sp³-hybridized carbons (Fsp3) is 0. The van der Waals surface area contributed by atoms with E-state index in [2.05, 4.69) is 206 Å². The van der Waals surface area contributed by atoms with E-state index >= 15 is 0 Å². The standard InChI is InChI=1S/C42H36P2/c1-7-20-35(21-8-1)43(36-22-9-2-10-23-36,37-24-11-3-12-25-37)41-32-19-33-42(34-41)44(38-26-13-4-14-27-38,39-28-15-5-16-29-39)40-30-17-6-18-31-40/h1-34,43-44H. The Morgan fingerprint density at radius 3 is 0.568 bits per heavy atom. The third kappa shape index (κ3) is 4.82. The van der Waals surface area contributed by atoms with Crippen LogP contribution in [0.5, 0.6) is 0 Å². The molecule has 7 rings (SSSR count). The molecule has 7 aromatic carbocycles. The van der Waals surface area contributed by atoms with Crippen LogP contribution in [-0.4, -0.2) is 0 Å². The minimum atomic E-state index is -2.69. The Balaban J connectivity index is 1.61. The molecule has 0 fully saturated rings. The monoisotopic (exact) mass is 602 g/mol. The molecule has 2 heteroatoms. The Morgan fingerprint density at radius 1 is 0.182 bits per heavy atom. The molecule has 0 saturated heterocycles. The van der Waals surface area contributed by atoms with E-state index in [1.165, 1.54) is 42.4 Å². The van der Waals surface area contributed by atoms with Crippen LogP contribution in [0, 0.1) is 0 Å². The van der Waals surface area contributed by atoms with Crippen molar-refractivity contribution in [3.05, 3.63) is 206 Å². The Morgan fingerprint density at radius 2 is 0.364 bits per heavy atom. The topological polar surface area (TPSA) is 0 Å². The van der Waals surface area contributed by atoms with Gasteiger partial charge in [0.25, 0.3) is 0 Å². The van der Waals surface area contributed by atoms with Crippen molar-refractivity contribution < 1.29 is 0 Å². The van der Waals surface area contributed by atoms with Crippen LogP contribution in [0.1, 0.15) is 0 Å². The predicted octanol–water partition coefficient (Wildman–Crippen LogP) is 6.39. The Hall–Kier alpha value is -4.60. The van der Waals surface area contributed by atoms with Crippen molar-refractivity contribution in [2.24, 2.45) is 0 Å². The van der Waals surface area contributed by atoms with E-state index in [0.29, 0.717) is 0 Å². The average molecular weight is 603 g/mol. The fourth-order valence-electron chi connectivity index (χ4n) is 7.11. The van der Waals surface area contributed by atoms with Crippen molar-refractivity contribution in [1.82, 2.24) is 0 Å². The van der Waals surface area contributed by atoms with Gasteiger partial charge in [-0.25, -0.2) is 0 Å². The molecule has 0 nitrogen and oxygen atoms in total. The SMILES string of the molecule is c1ccc([PH](c2ccccc2)(c2ccccc2)c2cccc([PH](c3ccccc3)(c3ccccc3)c3ccccc3)c2)cc1. The van der Waals surface area contributed by atoms with Gasteiger partial charge in [0.2, 0.25) is 0 Å². The zero-order valence-electron chi connectivity index (χ0n) is 24.6. The van der Waals surface area contributed by atoms with Crippen LogP contribution < -0.4 is 42.4 Å². The summed E-state index contributed by atoms with van der Waals surface area (Å²) >= 11 is 0. The molecule has 0 aliphatic rings. The molecule has 214 valence electrons. The third-order valence-corrected chi connectivity index (χ3v) is 18.5. The summed E-state index contributed by atoms with van der Waals surface area (Å²) in [5.41, 5.74) is 0. The molecule has 0 spiro atoms. The van der Waals surface area contributed by atoms with Crippen molar-refractivity contribution in [3.8, 4) is 0 Å². The van der Waals surface area contributed by atoms with E-state index in [1.807, 2.05) is 0 Å². The predicted molar refractivity (Wildman–Crippen MR) is 199 cm³/mol. The third-order valence-electron chi connectivity index (χ3n) is 8.97. The minimum absolute atomic E-state index is 1.39. The van der Waals surface area contributed by atoms with Gasteiger partial charge < -0.3 is 0 Å². The summed E-state index contributed by atoms with van der Waals surface area (Å²) in [5.74, 6) is 0. The Bertz CT molecular complexity index is 1590. The summed E-state index contributed by atoms with van der Waals surface area (Å²) in [6.45, 7) is 0. The second-order valence-electron chi connectivity index (χ2n) is 11.3. The summed E-state index contributed by atoms with van der Waals surface area (Å²) in [5, 5.41) is 11.1. The van der Waals surface area contributed by atoms with Crippen molar-refractivity contribution in [2.45, 2.75) is 0 Å². The number of hydrogen-bond acceptors (Lipinski definition) is 0. The maximum atomic E-state index is 2.58. The van der Waals surface area contributed by atoms with Gasteiger partial charge in [-0.05, 0) is 0 Å². The van der Waals surface area contributed by atoms with Gasteiger partial charge in [0, 0.05) is 0 Å². The number of hydrogen-bond donors (Lipinski definition) is 0. The van der Waals surface area contributed by atoms with Crippen LogP contribution in [0.4, 0.5) is 0 Å². The van der Waals surface area contributed by atoms with Crippen LogP contribution in [0.2, 0.25) is 0 Å². The molecule has 0 radical (unpaired) electrons. The van der Waals surface area contributed by atoms with Gasteiger partial charge in [0.1, 0.15) is 0 Å². The van der Waals surface area contributed by atoms with Gasteiger partial charge in [0.15, 0.2) is 0 Å². The van der Waals surface area contributed by atoms with Crippen LogP contribution in [0.25, 0.3) is 0 Å². The van der Waals surface area contributed by atoms with Crippen molar-refractivity contribution in [3.63, 3.8) is 0 Å². The summed E-state index contributed by atoms with van der Waals surface area (Å²) in [4.78, 5) is 0. The quantitative estimate of drug-likeness (QED) is 0.177. The molecule has 0 N–H and O–H groups in total. The van der Waals surface area contributed by atoms with Crippen molar-refractivity contribution in [1.29, 1.82) is 0 Å². The van der Waals surface area contributed by atoms with E-state index in [9.17, 15) is 0 Å². The first-order valence-corrected chi connectivity index (χ1v) is 19.3. The molecule has 44 heavy (non-hydrogen) atoms. The zero-order chi connectivity index (χ0) is 29.7. The van der Waals surface area contributed by atoms with Gasteiger partial charge >= 0.3 is 263 Å². The van der Waals surface area contributed by atoms with Gasteiger partial charge in [-0.15, -0.1) is 0 Å². The first-order valence-electron chi connectivity index (χ1n) is 15.3. The molecule has 7 aromatic rings. The molecule has 0 amide bonds. The maximum absolute atomic E-state index is 2.69. The molecule has 0 atom stereocenters. The molecule has 0 saturated carbocycles. The van der Waals surface area contributed by atoms with Crippen LogP contribution in [-0.2, 0) is 0 Å². The van der Waals surface area contributed by atoms with Crippen molar-refractivity contribution >= 4 is 57.0 Å². The van der Waals surface area contributed by atoms with Crippen LogP contribution >= 0.6 is 14.5 Å². The van der Waals surface area contributed by atoms with Crippen molar-refractivity contribution in [2.75, 3.05) is 0 Å². The van der Waals surface area contributed by atoms with Gasteiger partial charge in [-0.1, -0.05) is 0 Å². The summed E-state index contributed by atoms with van der Waals surface area (Å²) < 4.78 is 0. The summed E-state index contributed by atoms with van der Waals surface area (Å²) in [7, 11) is -5.38. The fourth-order valence-corrected chi connectivity index (χ4v) is 16.9. The Labute approximate surface area is 262 Å². The molecule has 0 aliphatic heterocycles. The van der Waals surface area contributed by atoms with Crippen LogP contribution in [0.15, 0.2) is 206 Å². The van der Waals surface area contributed by atoms with E-state index in [4.69, 9.17) is 0 Å². The summed E-state index contributed by atoms with van der Waals surface area (Å²) in [6, 6.07) is 77.0. The van der Waals surface area contributed by atoms with Gasteiger partial charge in [0.05, 0.1) is 0 Å². The van der Waals surface area contributed by atoms with E-state index in [-0.39, 0.29) is 0 Å². The van der Waals surface area contributed by atoms with Crippen LogP contribution in [0.3, 0.4) is 0 Å². The number of rotatable bonds is 8.